The van der Waals surface area contributed by atoms with E-state index < -0.39 is 29.9 Å². The molecule has 4 rings (SSSR count). The van der Waals surface area contributed by atoms with Crippen molar-refractivity contribution in [2.45, 2.75) is 37.3 Å². The number of ether oxygens (including phenoxy) is 1. The molecule has 1 amide bonds. The quantitative estimate of drug-likeness (QED) is 0.656. The highest BCUT2D eigenvalue weighted by molar-refractivity contribution is 6.14. The van der Waals surface area contributed by atoms with E-state index in [1.165, 1.54) is 19.2 Å². The average Bonchev–Trinajstić information content (AvgIpc) is 3.50. The number of fused-ring (bicyclic) bond motifs is 1. The molecule has 1 heterocycles. The monoisotopic (exact) mass is 434 g/mol. The molecule has 3 aliphatic rings. The van der Waals surface area contributed by atoms with Crippen LogP contribution < -0.4 is 10.1 Å². The number of aliphatic imine (C=N–C) groups is 1. The predicted molar refractivity (Wildman–Crippen MR) is 108 cm³/mol. The molecule has 0 aromatic heterocycles. The summed E-state index contributed by atoms with van der Waals surface area (Å²) >= 11 is 0. The van der Waals surface area contributed by atoms with Crippen molar-refractivity contribution < 1.29 is 27.1 Å². The van der Waals surface area contributed by atoms with Gasteiger partial charge in [-0.05, 0) is 42.9 Å². The Labute approximate surface area is 177 Å². The fourth-order valence-corrected chi connectivity index (χ4v) is 4.24. The second kappa shape index (κ2) is 7.98. The molecule has 1 unspecified atom stereocenters. The highest BCUT2D eigenvalue weighted by Gasteiger charge is 2.52. The summed E-state index contributed by atoms with van der Waals surface area (Å²) in [6.07, 6.45) is 3.27. The van der Waals surface area contributed by atoms with Crippen LogP contribution in [0.2, 0.25) is 0 Å². The Morgan fingerprint density at radius 2 is 2.06 bits per heavy atom. The van der Waals surface area contributed by atoms with Crippen molar-refractivity contribution in [3.8, 4) is 5.75 Å². The van der Waals surface area contributed by atoms with Crippen LogP contribution >= 0.6 is 0 Å². The largest absolute Gasteiger partial charge is 0.493 e. The Balaban J connectivity index is 1.58. The van der Waals surface area contributed by atoms with Gasteiger partial charge in [0, 0.05) is 23.3 Å². The number of hydrogen-bond acceptors (Lipinski definition) is 3. The van der Waals surface area contributed by atoms with Gasteiger partial charge in [-0.3, -0.25) is 9.79 Å². The molecule has 1 aliphatic heterocycles. The molecule has 1 saturated carbocycles. The molecular formula is C23H22F4N2O2. The number of rotatable bonds is 6. The van der Waals surface area contributed by atoms with Gasteiger partial charge in [0.25, 0.3) is 0 Å². The lowest BCUT2D eigenvalue weighted by Gasteiger charge is -2.26. The fraction of sp³-hybridized carbons (Fsp3) is 0.391. The number of allylic oxidation sites excluding steroid dienone is 4. The fourth-order valence-electron chi connectivity index (χ4n) is 4.24. The van der Waals surface area contributed by atoms with Crippen molar-refractivity contribution in [2.75, 3.05) is 13.7 Å². The first-order valence-corrected chi connectivity index (χ1v) is 10.1. The molecule has 4 nitrogen and oxygen atoms in total. The summed E-state index contributed by atoms with van der Waals surface area (Å²) in [4.78, 5) is 15.8. The van der Waals surface area contributed by atoms with Crippen LogP contribution in [0.1, 0.15) is 31.2 Å². The van der Waals surface area contributed by atoms with E-state index in [4.69, 9.17) is 4.74 Å². The first-order chi connectivity index (χ1) is 14.7. The Morgan fingerprint density at radius 3 is 2.74 bits per heavy atom. The third-order valence-corrected chi connectivity index (χ3v) is 6.03. The van der Waals surface area contributed by atoms with Crippen molar-refractivity contribution in [3.63, 3.8) is 0 Å². The van der Waals surface area contributed by atoms with Crippen LogP contribution in [-0.2, 0) is 10.2 Å². The molecule has 1 N–H and O–H groups in total. The Morgan fingerprint density at radius 1 is 1.29 bits per heavy atom. The van der Waals surface area contributed by atoms with E-state index in [1.807, 2.05) is 0 Å². The van der Waals surface area contributed by atoms with E-state index in [2.05, 4.69) is 10.3 Å². The maximum atomic E-state index is 14.1. The number of nitrogens with one attached hydrogen (secondary N) is 1. The van der Waals surface area contributed by atoms with Crippen molar-refractivity contribution in [1.82, 2.24) is 5.32 Å². The number of hydrogen-bond donors (Lipinski definition) is 1. The molecular weight excluding hydrogens is 412 g/mol. The SMILES string of the molecule is COc1c(F)cccc1C1(CC(C/N=C2/C=CC=C3NC(=O)CC=C32)C(F)(F)F)CC1. The number of halogens is 4. The molecule has 0 saturated heterocycles. The van der Waals surface area contributed by atoms with Gasteiger partial charge >= 0.3 is 6.18 Å². The van der Waals surface area contributed by atoms with Gasteiger partial charge in [0.05, 0.1) is 25.3 Å². The van der Waals surface area contributed by atoms with Gasteiger partial charge in [-0.25, -0.2) is 4.39 Å². The predicted octanol–water partition coefficient (Wildman–Crippen LogP) is 4.78. The number of carbonyl (C=O) groups is 1. The highest BCUT2D eigenvalue weighted by atomic mass is 19.4. The molecule has 164 valence electrons. The number of amides is 1. The number of methoxy groups -OCH3 is 1. The summed E-state index contributed by atoms with van der Waals surface area (Å²) in [6.45, 7) is -0.443. The van der Waals surface area contributed by atoms with E-state index in [9.17, 15) is 22.4 Å². The molecule has 1 aromatic rings. The minimum atomic E-state index is -4.45. The third-order valence-electron chi connectivity index (χ3n) is 6.03. The zero-order valence-corrected chi connectivity index (χ0v) is 16.9. The summed E-state index contributed by atoms with van der Waals surface area (Å²) in [6, 6.07) is 4.38. The second-order valence-corrected chi connectivity index (χ2v) is 8.08. The summed E-state index contributed by atoms with van der Waals surface area (Å²) in [5.41, 5.74) is 1.32. The zero-order chi connectivity index (χ0) is 22.2. The van der Waals surface area contributed by atoms with Gasteiger partial charge in [0.15, 0.2) is 11.6 Å². The molecule has 31 heavy (non-hydrogen) atoms. The lowest BCUT2D eigenvalue weighted by Crippen LogP contribution is -2.32. The Kier molecular flexibility index (Phi) is 5.49. The zero-order valence-electron chi connectivity index (χ0n) is 16.9. The van der Waals surface area contributed by atoms with Crippen molar-refractivity contribution in [2.24, 2.45) is 10.9 Å². The van der Waals surface area contributed by atoms with Gasteiger partial charge < -0.3 is 10.1 Å². The molecule has 1 aromatic carbocycles. The van der Waals surface area contributed by atoms with E-state index in [-0.39, 0.29) is 24.5 Å². The normalized spacial score (nSPS) is 21.7. The van der Waals surface area contributed by atoms with Crippen LogP contribution in [0.25, 0.3) is 0 Å². The van der Waals surface area contributed by atoms with Crippen LogP contribution in [0.15, 0.2) is 58.8 Å². The second-order valence-electron chi connectivity index (χ2n) is 8.08. The van der Waals surface area contributed by atoms with Gasteiger partial charge in [0.2, 0.25) is 5.91 Å². The average molecular weight is 434 g/mol. The first-order valence-electron chi connectivity index (χ1n) is 10.1. The number of para-hydroxylation sites is 1. The highest BCUT2D eigenvalue weighted by Crippen LogP contribution is 2.57. The molecule has 1 atom stereocenters. The number of carbonyl (C=O) groups excluding carboxylic acids is 1. The Bertz CT molecular complexity index is 1020. The van der Waals surface area contributed by atoms with Crippen LogP contribution in [0.4, 0.5) is 17.6 Å². The number of benzene rings is 1. The van der Waals surface area contributed by atoms with E-state index >= 15 is 0 Å². The van der Waals surface area contributed by atoms with Crippen LogP contribution in [-0.4, -0.2) is 31.4 Å². The summed E-state index contributed by atoms with van der Waals surface area (Å²) in [5, 5.41) is 2.70. The van der Waals surface area contributed by atoms with Crippen LogP contribution in [0, 0.1) is 11.7 Å². The van der Waals surface area contributed by atoms with Crippen molar-refractivity contribution in [3.05, 3.63) is 65.2 Å². The molecule has 1 fully saturated rings. The number of alkyl halides is 3. The minimum absolute atomic E-state index is 0.0142. The molecule has 0 bridgehead atoms. The minimum Gasteiger partial charge on any atom is -0.493 e. The number of nitrogens with zero attached hydrogens (tertiary/aromatic N) is 1. The molecule has 2 aliphatic carbocycles. The third kappa shape index (κ3) is 4.29. The van der Waals surface area contributed by atoms with Gasteiger partial charge in [-0.2, -0.15) is 13.2 Å². The summed E-state index contributed by atoms with van der Waals surface area (Å²) in [5.74, 6) is -2.41. The maximum absolute atomic E-state index is 14.1. The van der Waals surface area contributed by atoms with E-state index in [1.54, 1.807) is 30.4 Å². The molecule has 0 radical (unpaired) electrons. The smallest absolute Gasteiger partial charge is 0.393 e. The standard InChI is InChI=1S/C23H22F4N2O2/c1-31-21-16(4-2-5-17(21)24)22(10-11-22)12-14(23(25,26)27)13-28-18-6-3-7-19-15(18)8-9-20(30)29-19/h2-8,14H,9-13H2,1H3,(H,29,30)/b28-18-. The van der Waals surface area contributed by atoms with Crippen molar-refractivity contribution in [1.29, 1.82) is 0 Å². The van der Waals surface area contributed by atoms with Crippen LogP contribution in [0.3, 0.4) is 0 Å². The lowest BCUT2D eigenvalue weighted by atomic mass is 9.84. The molecule has 8 heteroatoms. The summed E-state index contributed by atoms with van der Waals surface area (Å²) in [7, 11) is 1.32. The molecule has 0 spiro atoms. The summed E-state index contributed by atoms with van der Waals surface area (Å²) < 4.78 is 61.0. The van der Waals surface area contributed by atoms with E-state index in [0.717, 1.165) is 0 Å². The van der Waals surface area contributed by atoms with Gasteiger partial charge in [0.1, 0.15) is 0 Å². The lowest BCUT2D eigenvalue weighted by molar-refractivity contribution is -0.175. The van der Waals surface area contributed by atoms with Gasteiger partial charge in [-0.1, -0.05) is 24.3 Å². The maximum Gasteiger partial charge on any atom is 0.393 e. The first kappa shape index (κ1) is 21.3. The van der Waals surface area contributed by atoms with Gasteiger partial charge in [-0.15, -0.1) is 0 Å². The topological polar surface area (TPSA) is 50.7 Å². The van der Waals surface area contributed by atoms with Crippen molar-refractivity contribution >= 4 is 11.6 Å². The Hall–Kier alpha value is -2.90. The van der Waals surface area contributed by atoms with E-state index in [0.29, 0.717) is 35.4 Å². The van der Waals surface area contributed by atoms with Crippen LogP contribution in [0.5, 0.6) is 5.75 Å².